The Balaban J connectivity index is 2.79. The molecule has 0 atom stereocenters. The topological polar surface area (TPSA) is 53.4 Å². The highest BCUT2D eigenvalue weighted by molar-refractivity contribution is 5.77. The number of carboxylic acids is 1. The van der Waals surface area contributed by atoms with Gasteiger partial charge < -0.3 is 5.11 Å². The molecule has 1 rings (SSSR count). The Hall–Kier alpha value is -1.42. The van der Waals surface area contributed by atoms with Gasteiger partial charge in [-0.1, -0.05) is 6.07 Å². The van der Waals surface area contributed by atoms with Crippen LogP contribution in [0.25, 0.3) is 0 Å². The van der Waals surface area contributed by atoms with Crippen molar-refractivity contribution >= 4 is 5.97 Å². The maximum absolute atomic E-state index is 11.1. The normalized spacial score (nSPS) is 11.8. The summed E-state index contributed by atoms with van der Waals surface area (Å²) >= 11 is 0. The van der Waals surface area contributed by atoms with Gasteiger partial charge in [-0.3, -0.25) is 14.7 Å². The molecule has 0 unspecified atom stereocenters. The van der Waals surface area contributed by atoms with E-state index in [1.54, 1.807) is 25.8 Å². The smallest absolute Gasteiger partial charge is 0.323 e. The largest absolute Gasteiger partial charge is 0.480 e. The average Bonchev–Trinajstić information content (AvgIpc) is 2.17. The number of aryl methyl sites for hydroxylation is 1. The zero-order valence-corrected chi connectivity index (χ0v) is 10.2. The van der Waals surface area contributed by atoms with E-state index in [4.69, 9.17) is 5.11 Å². The Labute approximate surface area is 95.9 Å². The molecule has 0 amide bonds. The monoisotopic (exact) mass is 222 g/mol. The van der Waals surface area contributed by atoms with Crippen LogP contribution in [0, 0.1) is 6.92 Å². The van der Waals surface area contributed by atoms with Gasteiger partial charge in [-0.2, -0.15) is 0 Å². The van der Waals surface area contributed by atoms with Crippen molar-refractivity contribution in [1.29, 1.82) is 0 Å². The van der Waals surface area contributed by atoms with E-state index in [9.17, 15) is 4.79 Å². The van der Waals surface area contributed by atoms with E-state index in [1.165, 1.54) is 0 Å². The Morgan fingerprint density at radius 2 is 2.12 bits per heavy atom. The van der Waals surface area contributed by atoms with Gasteiger partial charge in [0.15, 0.2) is 0 Å². The fourth-order valence-corrected chi connectivity index (χ4v) is 1.29. The van der Waals surface area contributed by atoms with Gasteiger partial charge in [0.2, 0.25) is 0 Å². The number of likely N-dealkylation sites (N-methyl/N-ethyl adjacent to an activating group) is 1. The molecule has 1 heterocycles. The van der Waals surface area contributed by atoms with Gasteiger partial charge >= 0.3 is 5.97 Å². The molecule has 1 aromatic heterocycles. The molecule has 0 aliphatic rings. The number of nitrogens with zero attached hydrogens (tertiary/aromatic N) is 2. The molecule has 0 radical (unpaired) electrons. The molecular weight excluding hydrogens is 204 g/mol. The summed E-state index contributed by atoms with van der Waals surface area (Å²) in [7, 11) is 1.79. The lowest BCUT2D eigenvalue weighted by atomic mass is 10.0. The Morgan fingerprint density at radius 3 is 2.62 bits per heavy atom. The standard InChI is InChI=1S/C12H18N2O2/c1-9-6-5-7-10(13-9)8-14(4)12(2,3)11(15)16/h5-7H,8H2,1-4H3,(H,15,16). The molecule has 4 heteroatoms. The van der Waals surface area contributed by atoms with E-state index in [-0.39, 0.29) is 0 Å². The Bertz CT molecular complexity index is 388. The summed E-state index contributed by atoms with van der Waals surface area (Å²) in [6.07, 6.45) is 0. The van der Waals surface area contributed by atoms with Crippen LogP contribution in [0.3, 0.4) is 0 Å². The number of hydrogen-bond donors (Lipinski definition) is 1. The molecule has 1 N–H and O–H groups in total. The minimum absolute atomic E-state index is 0.529. The van der Waals surface area contributed by atoms with Crippen molar-refractivity contribution < 1.29 is 9.90 Å². The van der Waals surface area contributed by atoms with Crippen LogP contribution in [-0.4, -0.2) is 33.5 Å². The molecule has 0 saturated carbocycles. The molecule has 0 fully saturated rings. The average molecular weight is 222 g/mol. The number of aromatic nitrogens is 1. The lowest BCUT2D eigenvalue weighted by Crippen LogP contribution is -2.47. The number of carbonyl (C=O) groups is 1. The Morgan fingerprint density at radius 1 is 1.50 bits per heavy atom. The van der Waals surface area contributed by atoms with Gasteiger partial charge in [0.1, 0.15) is 5.54 Å². The summed E-state index contributed by atoms with van der Waals surface area (Å²) in [6, 6.07) is 5.76. The van der Waals surface area contributed by atoms with Crippen LogP contribution in [0.2, 0.25) is 0 Å². The predicted molar refractivity (Wildman–Crippen MR) is 62.2 cm³/mol. The molecular formula is C12H18N2O2. The maximum atomic E-state index is 11.1. The highest BCUT2D eigenvalue weighted by atomic mass is 16.4. The maximum Gasteiger partial charge on any atom is 0.323 e. The minimum atomic E-state index is -0.884. The van der Waals surface area contributed by atoms with E-state index >= 15 is 0 Å². The highest BCUT2D eigenvalue weighted by Gasteiger charge is 2.31. The fraction of sp³-hybridized carbons (Fsp3) is 0.500. The first kappa shape index (κ1) is 12.6. The van der Waals surface area contributed by atoms with Crippen molar-refractivity contribution in [2.24, 2.45) is 0 Å². The van der Waals surface area contributed by atoms with Gasteiger partial charge in [-0.15, -0.1) is 0 Å². The molecule has 88 valence electrons. The Kier molecular flexibility index (Phi) is 3.65. The van der Waals surface area contributed by atoms with E-state index in [1.807, 2.05) is 25.1 Å². The van der Waals surface area contributed by atoms with Gasteiger partial charge in [-0.05, 0) is 40.0 Å². The van der Waals surface area contributed by atoms with Crippen LogP contribution in [0.15, 0.2) is 18.2 Å². The number of hydrogen-bond acceptors (Lipinski definition) is 3. The molecule has 0 spiro atoms. The van der Waals surface area contributed by atoms with Crippen molar-refractivity contribution in [3.63, 3.8) is 0 Å². The summed E-state index contributed by atoms with van der Waals surface area (Å²) < 4.78 is 0. The molecule has 4 nitrogen and oxygen atoms in total. The third-order valence-corrected chi connectivity index (χ3v) is 2.82. The van der Waals surface area contributed by atoms with Crippen LogP contribution >= 0.6 is 0 Å². The van der Waals surface area contributed by atoms with Crippen molar-refractivity contribution in [1.82, 2.24) is 9.88 Å². The second kappa shape index (κ2) is 4.61. The third-order valence-electron chi connectivity index (χ3n) is 2.82. The van der Waals surface area contributed by atoms with Crippen LogP contribution in [-0.2, 0) is 11.3 Å². The van der Waals surface area contributed by atoms with Crippen LogP contribution in [0.1, 0.15) is 25.2 Å². The number of aliphatic carboxylic acids is 1. The SMILES string of the molecule is Cc1cccc(CN(C)C(C)(C)C(=O)O)n1. The minimum Gasteiger partial charge on any atom is -0.480 e. The molecule has 0 aliphatic heterocycles. The van der Waals surface area contributed by atoms with Crippen molar-refractivity contribution in [2.75, 3.05) is 7.05 Å². The van der Waals surface area contributed by atoms with Gasteiger partial charge in [0.25, 0.3) is 0 Å². The van der Waals surface area contributed by atoms with Crippen LogP contribution < -0.4 is 0 Å². The summed E-state index contributed by atoms with van der Waals surface area (Å²) in [5.41, 5.74) is 0.946. The molecule has 0 bridgehead atoms. The second-order valence-electron chi connectivity index (χ2n) is 4.49. The van der Waals surface area contributed by atoms with Crippen molar-refractivity contribution in [2.45, 2.75) is 32.9 Å². The third kappa shape index (κ3) is 2.79. The zero-order valence-electron chi connectivity index (χ0n) is 10.2. The lowest BCUT2D eigenvalue weighted by molar-refractivity contribution is -0.148. The summed E-state index contributed by atoms with van der Waals surface area (Å²) in [5, 5.41) is 9.08. The van der Waals surface area contributed by atoms with E-state index in [0.29, 0.717) is 6.54 Å². The second-order valence-corrected chi connectivity index (χ2v) is 4.49. The lowest BCUT2D eigenvalue weighted by Gasteiger charge is -2.31. The van der Waals surface area contributed by atoms with Gasteiger partial charge in [-0.25, -0.2) is 0 Å². The quantitative estimate of drug-likeness (QED) is 0.842. The van der Waals surface area contributed by atoms with E-state index in [2.05, 4.69) is 4.98 Å². The van der Waals surface area contributed by atoms with Gasteiger partial charge in [0, 0.05) is 12.2 Å². The number of rotatable bonds is 4. The fourth-order valence-electron chi connectivity index (χ4n) is 1.29. The van der Waals surface area contributed by atoms with Crippen molar-refractivity contribution in [3.8, 4) is 0 Å². The molecule has 0 aliphatic carbocycles. The molecule has 1 aromatic rings. The summed E-state index contributed by atoms with van der Waals surface area (Å²) in [4.78, 5) is 17.2. The molecule has 0 aromatic carbocycles. The molecule has 16 heavy (non-hydrogen) atoms. The first-order valence-corrected chi connectivity index (χ1v) is 5.21. The van der Waals surface area contributed by atoms with Gasteiger partial charge in [0.05, 0.1) is 5.69 Å². The van der Waals surface area contributed by atoms with Crippen LogP contribution in [0.5, 0.6) is 0 Å². The summed E-state index contributed by atoms with van der Waals surface area (Å²) in [5.74, 6) is -0.831. The van der Waals surface area contributed by atoms with E-state index < -0.39 is 11.5 Å². The highest BCUT2D eigenvalue weighted by Crippen LogP contribution is 2.15. The molecule has 0 saturated heterocycles. The van der Waals surface area contributed by atoms with Crippen molar-refractivity contribution in [3.05, 3.63) is 29.6 Å². The zero-order chi connectivity index (χ0) is 12.3. The summed E-state index contributed by atoms with van der Waals surface area (Å²) in [6.45, 7) is 5.82. The number of carboxylic acid groups (broad SMARTS) is 1. The van der Waals surface area contributed by atoms with E-state index in [0.717, 1.165) is 11.4 Å². The first-order chi connectivity index (χ1) is 7.34. The predicted octanol–water partition coefficient (Wildman–Crippen LogP) is 1.69. The van der Waals surface area contributed by atoms with Crippen LogP contribution in [0.4, 0.5) is 0 Å². The first-order valence-electron chi connectivity index (χ1n) is 5.21. The number of pyridine rings is 1.